The number of aromatic nitrogens is 3. The van der Waals surface area contributed by atoms with Crippen LogP contribution in [0.25, 0.3) is 11.3 Å². The molecular formula is C34H47N7O7. The van der Waals surface area contributed by atoms with Crippen molar-refractivity contribution in [1.29, 1.82) is 0 Å². The maximum Gasteiger partial charge on any atom is 0.410 e. The molecule has 4 rings (SSSR count). The Morgan fingerprint density at radius 2 is 2.00 bits per heavy atom. The fourth-order valence-corrected chi connectivity index (χ4v) is 5.59. The Morgan fingerprint density at radius 1 is 1.23 bits per heavy atom. The van der Waals surface area contributed by atoms with Crippen molar-refractivity contribution in [3.05, 3.63) is 63.5 Å². The van der Waals surface area contributed by atoms with Crippen LogP contribution in [0.2, 0.25) is 0 Å². The van der Waals surface area contributed by atoms with Crippen LogP contribution < -0.4 is 15.4 Å². The standard InChI is InChI=1S/C34H47N7O7/c1-22(9-8-14-47-31-27(21-37-39(31)6)28-18-25(32(42)46-7)15-23(2)38-28)19-36-29-17-24(10-11-30(29)41(44)45)16-26-20-35-12-13-40(26)33(43)48-34(3,4)5/h10-11,15,17-18,21-22,26,35-36H,8-9,12-14,16,19-20H2,1-7H3. The van der Waals surface area contributed by atoms with E-state index >= 15 is 0 Å². The Morgan fingerprint density at radius 3 is 2.71 bits per heavy atom. The molecule has 1 aliphatic rings. The smallest absolute Gasteiger partial charge is 0.410 e. The number of benzene rings is 1. The fourth-order valence-electron chi connectivity index (χ4n) is 5.59. The highest BCUT2D eigenvalue weighted by Gasteiger charge is 2.31. The number of amides is 1. The predicted molar refractivity (Wildman–Crippen MR) is 181 cm³/mol. The van der Waals surface area contributed by atoms with Gasteiger partial charge in [-0.05, 0) is 76.6 Å². The molecule has 0 bridgehead atoms. The second-order valence-corrected chi connectivity index (χ2v) is 13.2. The minimum absolute atomic E-state index is 0.00361. The monoisotopic (exact) mass is 665 g/mol. The number of nitro groups is 1. The van der Waals surface area contributed by atoms with Gasteiger partial charge in [-0.15, -0.1) is 0 Å². The van der Waals surface area contributed by atoms with Gasteiger partial charge in [0.2, 0.25) is 5.88 Å². The Bertz CT molecular complexity index is 1600. The maximum absolute atomic E-state index is 12.9. The van der Waals surface area contributed by atoms with Crippen LogP contribution in [0, 0.1) is 23.0 Å². The molecule has 1 fully saturated rings. The number of carbonyl (C=O) groups is 2. The Balaban J connectivity index is 1.34. The molecule has 14 nitrogen and oxygen atoms in total. The van der Waals surface area contributed by atoms with E-state index in [9.17, 15) is 19.7 Å². The largest absolute Gasteiger partial charge is 0.477 e. The van der Waals surface area contributed by atoms with E-state index in [1.165, 1.54) is 13.2 Å². The lowest BCUT2D eigenvalue weighted by Crippen LogP contribution is -2.55. The van der Waals surface area contributed by atoms with E-state index in [4.69, 9.17) is 14.2 Å². The lowest BCUT2D eigenvalue weighted by atomic mass is 10.0. The Kier molecular flexibility index (Phi) is 12.0. The molecule has 1 aliphatic heterocycles. The molecule has 0 saturated carbocycles. The predicted octanol–water partition coefficient (Wildman–Crippen LogP) is 5.14. The van der Waals surface area contributed by atoms with Crippen molar-refractivity contribution in [2.45, 2.75) is 65.5 Å². The molecule has 1 aromatic carbocycles. The van der Waals surface area contributed by atoms with Gasteiger partial charge in [0.1, 0.15) is 11.3 Å². The summed E-state index contributed by atoms with van der Waals surface area (Å²) in [7, 11) is 3.12. The lowest BCUT2D eigenvalue weighted by molar-refractivity contribution is -0.384. The quantitative estimate of drug-likeness (QED) is 0.108. The van der Waals surface area contributed by atoms with E-state index in [1.807, 2.05) is 33.8 Å². The molecule has 48 heavy (non-hydrogen) atoms. The summed E-state index contributed by atoms with van der Waals surface area (Å²) < 4.78 is 18.2. The van der Waals surface area contributed by atoms with Gasteiger partial charge in [0.15, 0.2) is 0 Å². The summed E-state index contributed by atoms with van der Waals surface area (Å²) in [6.45, 7) is 12.2. The summed E-state index contributed by atoms with van der Waals surface area (Å²) in [6.07, 6.45) is 3.38. The minimum Gasteiger partial charge on any atom is -0.477 e. The van der Waals surface area contributed by atoms with Gasteiger partial charge >= 0.3 is 12.1 Å². The average Bonchev–Trinajstić information content (AvgIpc) is 3.40. The summed E-state index contributed by atoms with van der Waals surface area (Å²) in [5.74, 6) is 0.286. The third kappa shape index (κ3) is 9.66. The first-order valence-corrected chi connectivity index (χ1v) is 16.2. The van der Waals surface area contributed by atoms with Crippen molar-refractivity contribution in [3.8, 4) is 17.1 Å². The van der Waals surface area contributed by atoms with Gasteiger partial charge in [-0.25, -0.2) is 14.3 Å². The van der Waals surface area contributed by atoms with Crippen LogP contribution in [-0.2, 0) is 22.9 Å². The van der Waals surface area contributed by atoms with Crippen LogP contribution in [0.4, 0.5) is 16.2 Å². The van der Waals surface area contributed by atoms with Gasteiger partial charge in [0, 0.05) is 45.0 Å². The molecule has 14 heteroatoms. The molecule has 0 aliphatic carbocycles. The molecule has 0 spiro atoms. The number of aryl methyl sites for hydroxylation is 2. The minimum atomic E-state index is -0.600. The number of nitro benzene ring substituents is 1. The van der Waals surface area contributed by atoms with Gasteiger partial charge in [0.25, 0.3) is 5.69 Å². The van der Waals surface area contributed by atoms with Gasteiger partial charge in [-0.2, -0.15) is 5.10 Å². The number of piperazine rings is 1. The van der Waals surface area contributed by atoms with E-state index in [0.717, 1.165) is 18.4 Å². The Labute approximate surface area is 281 Å². The first-order valence-electron chi connectivity index (χ1n) is 16.2. The molecule has 1 amide bonds. The van der Waals surface area contributed by atoms with Crippen LogP contribution in [0.1, 0.15) is 62.2 Å². The summed E-state index contributed by atoms with van der Waals surface area (Å²) in [5, 5.41) is 22.8. The van der Waals surface area contributed by atoms with Crippen molar-refractivity contribution in [1.82, 2.24) is 25.0 Å². The molecule has 3 heterocycles. The number of hydrogen-bond acceptors (Lipinski definition) is 11. The zero-order valence-electron chi connectivity index (χ0n) is 28.9. The number of ether oxygens (including phenoxy) is 3. The normalized spacial score (nSPS) is 15.5. The molecule has 0 radical (unpaired) electrons. The number of rotatable bonds is 13. The number of hydrogen-bond donors (Lipinski definition) is 2. The molecule has 2 atom stereocenters. The van der Waals surface area contributed by atoms with E-state index in [1.54, 1.807) is 41.0 Å². The van der Waals surface area contributed by atoms with Gasteiger partial charge in [-0.3, -0.25) is 15.1 Å². The van der Waals surface area contributed by atoms with Gasteiger partial charge in [0.05, 0.1) is 47.7 Å². The van der Waals surface area contributed by atoms with E-state index < -0.39 is 11.6 Å². The number of nitrogens with one attached hydrogen (secondary N) is 2. The first-order chi connectivity index (χ1) is 22.8. The van der Waals surface area contributed by atoms with E-state index in [-0.39, 0.29) is 28.7 Å². The van der Waals surface area contributed by atoms with Gasteiger partial charge < -0.3 is 29.7 Å². The highest BCUT2D eigenvalue weighted by molar-refractivity contribution is 5.90. The topological polar surface area (TPSA) is 163 Å². The second-order valence-electron chi connectivity index (χ2n) is 13.2. The van der Waals surface area contributed by atoms with Crippen molar-refractivity contribution in [2.75, 3.05) is 45.2 Å². The van der Waals surface area contributed by atoms with Crippen molar-refractivity contribution >= 4 is 23.4 Å². The average molecular weight is 666 g/mol. The zero-order chi connectivity index (χ0) is 35.0. The van der Waals surface area contributed by atoms with Crippen molar-refractivity contribution in [3.63, 3.8) is 0 Å². The number of esters is 1. The number of methoxy groups -OCH3 is 1. The molecule has 2 unspecified atom stereocenters. The zero-order valence-corrected chi connectivity index (χ0v) is 28.9. The number of carbonyl (C=O) groups excluding carboxylic acids is 2. The summed E-state index contributed by atoms with van der Waals surface area (Å²) in [6, 6.07) is 8.27. The first kappa shape index (κ1) is 36.1. The highest BCUT2D eigenvalue weighted by Crippen LogP contribution is 2.30. The molecule has 1 saturated heterocycles. The van der Waals surface area contributed by atoms with Crippen LogP contribution >= 0.6 is 0 Å². The van der Waals surface area contributed by atoms with E-state index in [2.05, 4.69) is 27.6 Å². The molecule has 3 aromatic rings. The maximum atomic E-state index is 12.9. The van der Waals surface area contributed by atoms with Crippen LogP contribution in [0.3, 0.4) is 0 Å². The number of pyridine rings is 1. The van der Waals surface area contributed by atoms with Crippen molar-refractivity contribution < 1.29 is 28.7 Å². The SMILES string of the molecule is COC(=O)c1cc(C)nc(-c2cnn(C)c2OCCCC(C)CNc2cc(CC3CNCCN3C(=O)OC(C)(C)C)ccc2[N+](=O)[O-])c1. The second kappa shape index (κ2) is 15.9. The van der Waals surface area contributed by atoms with E-state index in [0.29, 0.717) is 73.3 Å². The molecule has 260 valence electrons. The highest BCUT2D eigenvalue weighted by atomic mass is 16.6. The number of anilines is 1. The summed E-state index contributed by atoms with van der Waals surface area (Å²) >= 11 is 0. The van der Waals surface area contributed by atoms with Gasteiger partial charge in [-0.1, -0.05) is 13.0 Å². The van der Waals surface area contributed by atoms with Crippen LogP contribution in [0.5, 0.6) is 5.88 Å². The fraction of sp³-hybridized carbons (Fsp3) is 0.529. The summed E-state index contributed by atoms with van der Waals surface area (Å²) in [5.41, 5.74) is 3.05. The third-order valence-corrected chi connectivity index (χ3v) is 7.96. The summed E-state index contributed by atoms with van der Waals surface area (Å²) in [4.78, 5) is 42.8. The van der Waals surface area contributed by atoms with Crippen LogP contribution in [-0.4, -0.2) is 88.2 Å². The van der Waals surface area contributed by atoms with Crippen LogP contribution in [0.15, 0.2) is 36.5 Å². The third-order valence-electron chi connectivity index (χ3n) is 7.96. The molecule has 2 N–H and O–H groups in total. The molecule has 2 aromatic heterocycles. The Hall–Kier alpha value is -4.72. The number of nitrogens with zero attached hydrogens (tertiary/aromatic N) is 5. The van der Waals surface area contributed by atoms with Crippen molar-refractivity contribution in [2.24, 2.45) is 13.0 Å². The molecular weight excluding hydrogens is 618 g/mol. The lowest BCUT2D eigenvalue weighted by Gasteiger charge is -2.37.